The number of nitrogens with one attached hydrogen (secondary N) is 2. The average molecular weight is 516 g/mol. The maximum atomic E-state index is 13.0. The normalized spacial score (nSPS) is 26.2. The van der Waals surface area contributed by atoms with Crippen LogP contribution in [-0.2, 0) is 9.47 Å². The van der Waals surface area contributed by atoms with E-state index >= 15 is 0 Å². The first-order chi connectivity index (χ1) is 17.8. The lowest BCUT2D eigenvalue weighted by Crippen LogP contribution is -2.62. The van der Waals surface area contributed by atoms with Gasteiger partial charge in [-0.3, -0.25) is 4.98 Å². The molecule has 1 aliphatic heterocycles. The van der Waals surface area contributed by atoms with Crippen LogP contribution >= 0.6 is 0 Å². The van der Waals surface area contributed by atoms with E-state index in [0.717, 1.165) is 12.8 Å². The predicted octanol–water partition coefficient (Wildman–Crippen LogP) is 3.31. The summed E-state index contributed by atoms with van der Waals surface area (Å²) in [5, 5.41) is 16.7. The number of aliphatic hydroxyl groups excluding tert-OH is 1. The molecule has 1 saturated carbocycles. The van der Waals surface area contributed by atoms with Gasteiger partial charge in [0.25, 0.3) is 0 Å². The molecule has 2 aromatic heterocycles. The zero-order valence-electron chi connectivity index (χ0n) is 21.2. The molecule has 5 atom stereocenters. The van der Waals surface area contributed by atoms with Crippen LogP contribution < -0.4 is 21.0 Å². The summed E-state index contributed by atoms with van der Waals surface area (Å²) in [7, 11) is 0. The third-order valence-electron chi connectivity index (χ3n) is 6.83. The largest absolute Gasteiger partial charge is 0.482 e. The number of hydrogen-bond acceptors (Lipinski definition) is 9. The Morgan fingerprint density at radius 2 is 1.86 bits per heavy atom. The number of pyridine rings is 1. The number of amides is 2. The molecule has 2 amide bonds. The molecule has 11 heteroatoms. The van der Waals surface area contributed by atoms with E-state index in [1.54, 1.807) is 31.5 Å². The molecule has 2 aromatic rings. The van der Waals surface area contributed by atoms with E-state index in [1.165, 1.54) is 6.07 Å². The summed E-state index contributed by atoms with van der Waals surface area (Å²) in [6, 6.07) is 4.98. The minimum Gasteiger partial charge on any atom is -0.482 e. The Balaban J connectivity index is 1.68. The highest BCUT2D eigenvalue weighted by Crippen LogP contribution is 2.51. The van der Waals surface area contributed by atoms with Crippen LogP contribution in [0.2, 0.25) is 0 Å². The molecule has 37 heavy (non-hydrogen) atoms. The lowest BCUT2D eigenvalue weighted by Gasteiger charge is -2.52. The van der Waals surface area contributed by atoms with Gasteiger partial charge in [-0.1, -0.05) is 13.8 Å². The van der Waals surface area contributed by atoms with Crippen molar-refractivity contribution in [3.63, 3.8) is 0 Å². The standard InChI is InChI=1S/C26H33N3O8/c1-4-8-28-24(32)34-16-11-17-22(30)21-19(13-18(35-23(21)31)15-7-6-10-27-14-15)37-26(17,3)20(12-16)36-25(33)29-9-5-2/h6-7,10,13-14,16-17,20,22,30H,4-5,8-9,11-12H2,1-3H3,(H,28,32)(H,29,33)/t16-,17?,20-,22?,26-/m1/s1. The summed E-state index contributed by atoms with van der Waals surface area (Å²) in [5.41, 5.74) is -1.42. The second kappa shape index (κ2) is 11.2. The van der Waals surface area contributed by atoms with Crippen molar-refractivity contribution in [3.8, 4) is 17.1 Å². The molecule has 2 unspecified atom stereocenters. The summed E-state index contributed by atoms with van der Waals surface area (Å²) < 4.78 is 23.2. The van der Waals surface area contributed by atoms with Crippen LogP contribution in [0.3, 0.4) is 0 Å². The van der Waals surface area contributed by atoms with Crippen LogP contribution in [-0.4, -0.2) is 53.2 Å². The van der Waals surface area contributed by atoms with Crippen molar-refractivity contribution in [2.75, 3.05) is 13.1 Å². The van der Waals surface area contributed by atoms with Crippen molar-refractivity contribution in [2.45, 2.75) is 70.4 Å². The Bertz CT molecular complexity index is 1170. The maximum absolute atomic E-state index is 13.0. The Morgan fingerprint density at radius 1 is 1.16 bits per heavy atom. The molecule has 1 aliphatic carbocycles. The summed E-state index contributed by atoms with van der Waals surface area (Å²) in [5.74, 6) is -0.355. The lowest BCUT2D eigenvalue weighted by molar-refractivity contribution is -0.175. The molecule has 0 saturated heterocycles. The number of fused-ring (bicyclic) bond motifs is 2. The highest BCUT2D eigenvalue weighted by atomic mass is 16.6. The first kappa shape index (κ1) is 26.5. The summed E-state index contributed by atoms with van der Waals surface area (Å²) in [6.07, 6.45) is 0.842. The van der Waals surface area contributed by atoms with Gasteiger partial charge in [-0.15, -0.1) is 0 Å². The van der Waals surface area contributed by atoms with E-state index in [-0.39, 0.29) is 29.9 Å². The van der Waals surface area contributed by atoms with Gasteiger partial charge in [0.05, 0.1) is 6.10 Å². The molecule has 1 fully saturated rings. The van der Waals surface area contributed by atoms with E-state index in [2.05, 4.69) is 15.6 Å². The van der Waals surface area contributed by atoms with E-state index in [4.69, 9.17) is 18.6 Å². The number of aliphatic hydroxyl groups is 1. The van der Waals surface area contributed by atoms with Gasteiger partial charge in [-0.25, -0.2) is 14.4 Å². The third-order valence-corrected chi connectivity index (χ3v) is 6.83. The van der Waals surface area contributed by atoms with Crippen LogP contribution in [0, 0.1) is 5.92 Å². The van der Waals surface area contributed by atoms with Gasteiger partial charge in [0, 0.05) is 49.5 Å². The second-order valence-corrected chi connectivity index (χ2v) is 9.50. The van der Waals surface area contributed by atoms with Gasteiger partial charge >= 0.3 is 17.8 Å². The topological polar surface area (TPSA) is 149 Å². The van der Waals surface area contributed by atoms with Crippen LogP contribution in [0.5, 0.6) is 5.75 Å². The average Bonchev–Trinajstić information content (AvgIpc) is 2.87. The number of ether oxygens (including phenoxy) is 3. The van der Waals surface area contributed by atoms with Crippen molar-refractivity contribution in [1.29, 1.82) is 0 Å². The van der Waals surface area contributed by atoms with Crippen molar-refractivity contribution in [1.82, 2.24) is 15.6 Å². The number of rotatable bonds is 7. The number of aromatic nitrogens is 1. The fourth-order valence-corrected chi connectivity index (χ4v) is 4.91. The predicted molar refractivity (Wildman–Crippen MR) is 132 cm³/mol. The minimum atomic E-state index is -1.30. The van der Waals surface area contributed by atoms with E-state index in [9.17, 15) is 19.5 Å². The Morgan fingerprint density at radius 3 is 2.51 bits per heavy atom. The van der Waals surface area contributed by atoms with E-state index in [1.807, 2.05) is 13.8 Å². The fraction of sp³-hybridized carbons (Fsp3) is 0.538. The summed E-state index contributed by atoms with van der Waals surface area (Å²) in [4.78, 5) is 41.8. The molecule has 0 aromatic carbocycles. The molecule has 3 heterocycles. The van der Waals surface area contributed by atoms with Gasteiger partial charge in [0.2, 0.25) is 0 Å². The highest BCUT2D eigenvalue weighted by Gasteiger charge is 2.58. The van der Waals surface area contributed by atoms with Crippen molar-refractivity contribution < 1.29 is 33.3 Å². The molecular formula is C26H33N3O8. The zero-order valence-corrected chi connectivity index (χ0v) is 21.2. The Hall–Kier alpha value is -3.60. The van der Waals surface area contributed by atoms with Gasteiger partial charge in [0.15, 0.2) is 0 Å². The van der Waals surface area contributed by atoms with Crippen molar-refractivity contribution in [3.05, 3.63) is 46.6 Å². The molecule has 200 valence electrons. The molecule has 0 spiro atoms. The lowest BCUT2D eigenvalue weighted by atomic mass is 9.68. The molecule has 0 radical (unpaired) electrons. The van der Waals surface area contributed by atoms with Gasteiger partial charge in [-0.05, 0) is 38.3 Å². The molecule has 0 bridgehead atoms. The number of carbonyl (C=O) groups excluding carboxylic acids is 2. The van der Waals surface area contributed by atoms with Gasteiger partial charge in [0.1, 0.15) is 34.9 Å². The molecular weight excluding hydrogens is 482 g/mol. The molecule has 11 nitrogen and oxygen atoms in total. The van der Waals surface area contributed by atoms with E-state index < -0.39 is 47.6 Å². The van der Waals surface area contributed by atoms with Crippen molar-refractivity contribution in [2.24, 2.45) is 5.92 Å². The SMILES string of the molecule is CCCNC(=O)O[C@@H]1CC2C(O)c3c(cc(-c4cccnc4)oc3=O)O[C@@]2(C)[C@H](OC(=O)NCCC)C1. The second-order valence-electron chi connectivity index (χ2n) is 9.50. The maximum Gasteiger partial charge on any atom is 0.407 e. The number of carbonyl (C=O) groups is 2. The van der Waals surface area contributed by atoms with Crippen molar-refractivity contribution >= 4 is 12.2 Å². The van der Waals surface area contributed by atoms with Crippen LogP contribution in [0.15, 0.2) is 39.8 Å². The highest BCUT2D eigenvalue weighted by molar-refractivity contribution is 5.68. The molecule has 3 N–H and O–H groups in total. The number of alkyl carbamates (subject to hydrolysis) is 2. The number of nitrogens with zero attached hydrogens (tertiary/aromatic N) is 1. The van der Waals surface area contributed by atoms with Gasteiger partial charge in [-0.2, -0.15) is 0 Å². The van der Waals surface area contributed by atoms with Crippen LogP contribution in [0.1, 0.15) is 58.1 Å². The summed E-state index contributed by atoms with van der Waals surface area (Å²) >= 11 is 0. The monoisotopic (exact) mass is 515 g/mol. The fourth-order valence-electron chi connectivity index (χ4n) is 4.91. The smallest absolute Gasteiger partial charge is 0.407 e. The van der Waals surface area contributed by atoms with Crippen LogP contribution in [0.4, 0.5) is 9.59 Å². The Labute approximate surface area is 214 Å². The minimum absolute atomic E-state index is 0.0274. The first-order valence-corrected chi connectivity index (χ1v) is 12.6. The molecule has 4 rings (SSSR count). The summed E-state index contributed by atoms with van der Waals surface area (Å²) in [6.45, 7) is 6.44. The Kier molecular flexibility index (Phi) is 8.01. The molecule has 2 aliphatic rings. The van der Waals surface area contributed by atoms with E-state index in [0.29, 0.717) is 18.7 Å². The van der Waals surface area contributed by atoms with Gasteiger partial charge < -0.3 is 34.4 Å². The first-order valence-electron chi connectivity index (χ1n) is 12.6. The zero-order chi connectivity index (χ0) is 26.6. The third kappa shape index (κ3) is 5.56. The van der Waals surface area contributed by atoms with Crippen LogP contribution in [0.25, 0.3) is 11.3 Å². The quantitative estimate of drug-likeness (QED) is 0.505. The number of hydrogen-bond donors (Lipinski definition) is 3.